The Kier molecular flexibility index (Phi) is 6.27. The number of fused-ring (bicyclic) bond motifs is 1. The molecule has 8 heteroatoms. The third-order valence-corrected chi connectivity index (χ3v) is 6.15. The third-order valence-electron chi connectivity index (χ3n) is 6.15. The largest absolute Gasteiger partial charge is 0.319 e. The summed E-state index contributed by atoms with van der Waals surface area (Å²) in [6.07, 6.45) is 10.4. The number of anilines is 1. The lowest BCUT2D eigenvalue weighted by Gasteiger charge is -2.19. The van der Waals surface area contributed by atoms with Gasteiger partial charge in [-0.1, -0.05) is 18.9 Å². The van der Waals surface area contributed by atoms with Crippen LogP contribution in [-0.4, -0.2) is 44.1 Å². The van der Waals surface area contributed by atoms with Gasteiger partial charge in [-0.2, -0.15) is 10.4 Å². The van der Waals surface area contributed by atoms with E-state index in [1.165, 1.54) is 37.4 Å². The lowest BCUT2D eigenvalue weighted by Crippen LogP contribution is -2.24. The third kappa shape index (κ3) is 4.80. The number of aromatic amines is 1. The molecule has 4 aromatic rings. The fourth-order valence-corrected chi connectivity index (χ4v) is 4.38. The average Bonchev–Trinajstić information content (AvgIpc) is 3.13. The van der Waals surface area contributed by atoms with Crippen LogP contribution in [0.15, 0.2) is 55.0 Å². The lowest BCUT2D eigenvalue weighted by molar-refractivity contribution is 0.102. The highest BCUT2D eigenvalue weighted by molar-refractivity contribution is 6.11. The number of nitriles is 1. The van der Waals surface area contributed by atoms with Crippen LogP contribution < -0.4 is 5.32 Å². The summed E-state index contributed by atoms with van der Waals surface area (Å²) in [7, 11) is 0. The minimum atomic E-state index is -0.344. The van der Waals surface area contributed by atoms with Crippen molar-refractivity contribution in [3.8, 4) is 17.2 Å². The molecule has 0 spiro atoms. The molecule has 1 aliphatic rings. The molecule has 0 unspecified atom stereocenters. The maximum absolute atomic E-state index is 12.9. The lowest BCUT2D eigenvalue weighted by atomic mass is 10.0. The van der Waals surface area contributed by atoms with E-state index in [1.54, 1.807) is 12.1 Å². The van der Waals surface area contributed by atoms with Gasteiger partial charge in [-0.15, -0.1) is 0 Å². The molecule has 0 atom stereocenters. The molecule has 0 radical (unpaired) electrons. The summed E-state index contributed by atoms with van der Waals surface area (Å²) in [5.74, 6) is -0.344. The molecule has 34 heavy (non-hydrogen) atoms. The van der Waals surface area contributed by atoms with E-state index in [4.69, 9.17) is 5.26 Å². The Morgan fingerprint density at radius 2 is 1.88 bits per heavy atom. The van der Waals surface area contributed by atoms with Crippen molar-refractivity contribution in [2.24, 2.45) is 0 Å². The van der Waals surface area contributed by atoms with E-state index in [-0.39, 0.29) is 5.91 Å². The van der Waals surface area contributed by atoms with Gasteiger partial charge < -0.3 is 5.32 Å². The Labute approximate surface area is 197 Å². The van der Waals surface area contributed by atoms with Crippen molar-refractivity contribution >= 4 is 22.5 Å². The Bertz CT molecular complexity index is 1350. The summed E-state index contributed by atoms with van der Waals surface area (Å²) in [6.45, 7) is 3.18. The van der Waals surface area contributed by atoms with E-state index in [1.807, 2.05) is 36.7 Å². The summed E-state index contributed by atoms with van der Waals surface area (Å²) in [5.41, 5.74) is 5.06. The number of pyridine rings is 2. The Hall–Kier alpha value is -4.09. The number of amides is 1. The number of likely N-dealkylation sites (tertiary alicyclic amines) is 1. The number of hydrogen-bond donors (Lipinski definition) is 2. The zero-order chi connectivity index (χ0) is 23.3. The van der Waals surface area contributed by atoms with Gasteiger partial charge in [0.1, 0.15) is 11.8 Å². The van der Waals surface area contributed by atoms with Crippen LogP contribution in [0.1, 0.15) is 47.4 Å². The molecular weight excluding hydrogens is 426 g/mol. The first-order chi connectivity index (χ1) is 16.7. The van der Waals surface area contributed by atoms with Gasteiger partial charge in [0.05, 0.1) is 17.4 Å². The molecule has 8 nitrogen and oxygen atoms in total. The monoisotopic (exact) mass is 451 g/mol. The van der Waals surface area contributed by atoms with Gasteiger partial charge in [0.25, 0.3) is 5.91 Å². The van der Waals surface area contributed by atoms with E-state index in [9.17, 15) is 4.79 Å². The van der Waals surface area contributed by atoms with E-state index in [0.717, 1.165) is 41.7 Å². The molecular formula is C26H25N7O. The van der Waals surface area contributed by atoms with Crippen LogP contribution in [-0.2, 0) is 6.54 Å². The number of carbonyl (C=O) groups excluding carboxylic acids is 1. The first-order valence-electron chi connectivity index (χ1n) is 11.5. The van der Waals surface area contributed by atoms with Crippen LogP contribution in [0.2, 0.25) is 0 Å². The summed E-state index contributed by atoms with van der Waals surface area (Å²) in [4.78, 5) is 23.9. The molecule has 1 aliphatic heterocycles. The van der Waals surface area contributed by atoms with Crippen molar-refractivity contribution in [1.29, 1.82) is 5.26 Å². The number of nitrogens with one attached hydrogen (secondary N) is 2. The van der Waals surface area contributed by atoms with Gasteiger partial charge in [-0.3, -0.25) is 19.8 Å². The topological polar surface area (TPSA) is 111 Å². The van der Waals surface area contributed by atoms with Crippen LogP contribution in [0.4, 0.5) is 5.69 Å². The zero-order valence-corrected chi connectivity index (χ0v) is 18.8. The van der Waals surface area contributed by atoms with Crippen LogP contribution in [0, 0.1) is 11.3 Å². The normalized spacial score (nSPS) is 14.4. The Balaban J connectivity index is 1.38. The zero-order valence-electron chi connectivity index (χ0n) is 18.8. The molecule has 5 rings (SSSR count). The van der Waals surface area contributed by atoms with Crippen molar-refractivity contribution in [1.82, 2.24) is 25.1 Å². The van der Waals surface area contributed by atoms with Gasteiger partial charge in [0.15, 0.2) is 5.69 Å². The van der Waals surface area contributed by atoms with Gasteiger partial charge >= 0.3 is 0 Å². The predicted molar refractivity (Wildman–Crippen MR) is 130 cm³/mol. The van der Waals surface area contributed by atoms with Gasteiger partial charge in [0, 0.05) is 29.9 Å². The van der Waals surface area contributed by atoms with Crippen molar-refractivity contribution in [2.45, 2.75) is 32.2 Å². The number of benzene rings is 1. The van der Waals surface area contributed by atoms with E-state index < -0.39 is 0 Å². The van der Waals surface area contributed by atoms with Crippen molar-refractivity contribution < 1.29 is 4.79 Å². The average molecular weight is 452 g/mol. The van der Waals surface area contributed by atoms with E-state index >= 15 is 0 Å². The van der Waals surface area contributed by atoms with Crippen LogP contribution in [0.25, 0.3) is 22.0 Å². The first kappa shape index (κ1) is 21.7. The van der Waals surface area contributed by atoms with Gasteiger partial charge in [-0.05, 0) is 67.4 Å². The summed E-state index contributed by atoms with van der Waals surface area (Å²) < 4.78 is 0. The second kappa shape index (κ2) is 9.81. The maximum Gasteiger partial charge on any atom is 0.276 e. The minimum Gasteiger partial charge on any atom is -0.319 e. The van der Waals surface area contributed by atoms with Gasteiger partial charge in [0.2, 0.25) is 0 Å². The van der Waals surface area contributed by atoms with Crippen LogP contribution in [0.5, 0.6) is 0 Å². The molecule has 0 aliphatic carbocycles. The second-order valence-corrected chi connectivity index (χ2v) is 8.60. The highest BCUT2D eigenvalue weighted by Crippen LogP contribution is 2.26. The number of H-pyrrole nitrogens is 1. The molecule has 2 N–H and O–H groups in total. The van der Waals surface area contributed by atoms with Gasteiger partial charge in [-0.25, -0.2) is 4.98 Å². The highest BCUT2D eigenvalue weighted by Gasteiger charge is 2.16. The summed E-state index contributed by atoms with van der Waals surface area (Å²) in [6, 6.07) is 13.3. The number of rotatable bonds is 5. The Morgan fingerprint density at radius 1 is 1.03 bits per heavy atom. The maximum atomic E-state index is 12.9. The molecule has 1 amide bonds. The number of hydrogen-bond acceptors (Lipinski definition) is 6. The van der Waals surface area contributed by atoms with Crippen molar-refractivity contribution in [3.63, 3.8) is 0 Å². The molecule has 1 saturated heterocycles. The van der Waals surface area contributed by atoms with Crippen LogP contribution in [0.3, 0.4) is 0 Å². The quantitative estimate of drug-likeness (QED) is 0.462. The second-order valence-electron chi connectivity index (χ2n) is 8.60. The van der Waals surface area contributed by atoms with Crippen molar-refractivity contribution in [3.05, 3.63) is 71.9 Å². The molecule has 1 fully saturated rings. The summed E-state index contributed by atoms with van der Waals surface area (Å²) in [5, 5.41) is 19.6. The standard InChI is InChI=1S/C26H25N7O/c27-13-21-6-7-22(16-29-21)30-26(34)25-23-12-19(5-8-24(23)31-32-25)20-11-18(14-28-15-20)17-33-9-3-1-2-4-10-33/h5-8,11-12,14-16H,1-4,9-10,17H2,(H,30,34)(H,31,32). The number of aromatic nitrogens is 4. The fourth-order valence-electron chi connectivity index (χ4n) is 4.38. The molecule has 3 aromatic heterocycles. The van der Waals surface area contributed by atoms with E-state index in [2.05, 4.69) is 36.4 Å². The smallest absolute Gasteiger partial charge is 0.276 e. The molecule has 4 heterocycles. The first-order valence-corrected chi connectivity index (χ1v) is 11.5. The predicted octanol–water partition coefficient (Wildman–Crippen LogP) is 4.52. The SMILES string of the molecule is N#Cc1ccc(NC(=O)c2n[nH]c3ccc(-c4cncc(CN5CCCCCC5)c4)cc23)cn1. The molecule has 0 bridgehead atoms. The molecule has 170 valence electrons. The summed E-state index contributed by atoms with van der Waals surface area (Å²) >= 11 is 0. The van der Waals surface area contributed by atoms with Crippen LogP contribution >= 0.6 is 0 Å². The molecule has 0 saturated carbocycles. The van der Waals surface area contributed by atoms with Crippen molar-refractivity contribution in [2.75, 3.05) is 18.4 Å². The Morgan fingerprint density at radius 3 is 2.65 bits per heavy atom. The number of carbonyl (C=O) groups is 1. The highest BCUT2D eigenvalue weighted by atomic mass is 16.1. The minimum absolute atomic E-state index is 0.291. The number of nitrogens with zero attached hydrogens (tertiary/aromatic N) is 5. The molecule has 1 aromatic carbocycles. The van der Waals surface area contributed by atoms with E-state index in [0.29, 0.717) is 17.1 Å². The fraction of sp³-hybridized carbons (Fsp3) is 0.269.